The van der Waals surface area contributed by atoms with Crippen LogP contribution in [0.5, 0.6) is 0 Å². The Balaban J connectivity index is 1.15. The number of H-pyrrole nitrogens is 1. The number of β-amino-alcohol motifs (C(OH)–C–C–N with tert-alkyl or cyclic N) is 1. The highest BCUT2D eigenvalue weighted by Gasteiger charge is 2.46. The van der Waals surface area contributed by atoms with Crippen LogP contribution in [0.1, 0.15) is 50.1 Å². The number of aliphatic hydroxyl groups is 1. The molecular formula is C19H22N4O3S. The highest BCUT2D eigenvalue weighted by molar-refractivity contribution is 7.14. The number of amides is 2. The molecule has 0 spiro atoms. The number of aromatic amines is 1. The van der Waals surface area contributed by atoms with Crippen LogP contribution in [0.15, 0.2) is 12.3 Å². The molecule has 2 aromatic heterocycles. The number of fused-ring (bicyclic) bond motifs is 2. The van der Waals surface area contributed by atoms with Gasteiger partial charge in [0.2, 0.25) is 5.91 Å². The molecule has 2 amide bonds. The third-order valence-electron chi connectivity index (χ3n) is 5.93. The lowest BCUT2D eigenvalue weighted by Crippen LogP contribution is -2.68. The van der Waals surface area contributed by atoms with E-state index in [1.54, 1.807) is 22.4 Å². The van der Waals surface area contributed by atoms with Crippen LogP contribution in [0.2, 0.25) is 0 Å². The van der Waals surface area contributed by atoms with Gasteiger partial charge in [0.15, 0.2) is 0 Å². The van der Waals surface area contributed by atoms with Crippen molar-refractivity contribution in [3.63, 3.8) is 0 Å². The van der Waals surface area contributed by atoms with Crippen LogP contribution in [0.3, 0.4) is 0 Å². The Morgan fingerprint density at radius 2 is 2.19 bits per heavy atom. The number of nitrogens with zero attached hydrogens (tertiary/aromatic N) is 2. The second-order valence-corrected chi connectivity index (χ2v) is 9.05. The third kappa shape index (κ3) is 2.87. The average molecular weight is 386 g/mol. The molecule has 3 heterocycles. The van der Waals surface area contributed by atoms with Crippen molar-refractivity contribution in [2.75, 3.05) is 19.6 Å². The topological polar surface area (TPSA) is 98.3 Å². The molecule has 0 aromatic carbocycles. The van der Waals surface area contributed by atoms with Gasteiger partial charge in [-0.05, 0) is 49.3 Å². The summed E-state index contributed by atoms with van der Waals surface area (Å²) in [5.41, 5.74) is 2.27. The molecule has 1 unspecified atom stereocenters. The maximum Gasteiger partial charge on any atom is 0.261 e. The van der Waals surface area contributed by atoms with E-state index in [9.17, 15) is 14.7 Å². The first-order valence-electron chi connectivity index (χ1n) is 9.45. The van der Waals surface area contributed by atoms with Gasteiger partial charge in [0, 0.05) is 4.88 Å². The van der Waals surface area contributed by atoms with Crippen LogP contribution in [-0.4, -0.2) is 57.3 Å². The molecule has 7 nitrogen and oxygen atoms in total. The van der Waals surface area contributed by atoms with E-state index in [4.69, 9.17) is 0 Å². The molecule has 5 rings (SSSR count). The molecular weight excluding hydrogens is 364 g/mol. The number of hydrogen-bond donors (Lipinski definition) is 3. The number of nitrogens with one attached hydrogen (secondary N) is 2. The van der Waals surface area contributed by atoms with Crippen LogP contribution in [0.4, 0.5) is 0 Å². The minimum atomic E-state index is -1.04. The fraction of sp³-hybridized carbons (Fsp3) is 0.526. The van der Waals surface area contributed by atoms with E-state index >= 15 is 0 Å². The molecule has 2 aromatic rings. The van der Waals surface area contributed by atoms with Crippen LogP contribution < -0.4 is 5.32 Å². The highest BCUT2D eigenvalue weighted by Crippen LogP contribution is 2.35. The van der Waals surface area contributed by atoms with Gasteiger partial charge in [-0.25, -0.2) is 0 Å². The number of likely N-dealkylation sites (tertiary alicyclic amines) is 1. The zero-order valence-corrected chi connectivity index (χ0v) is 15.8. The number of carbonyl (C=O) groups is 2. The molecule has 3 aliphatic rings. The fourth-order valence-electron chi connectivity index (χ4n) is 4.44. The Labute approximate surface area is 160 Å². The quantitative estimate of drug-likeness (QED) is 0.730. The minimum Gasteiger partial charge on any atom is -0.384 e. The standard InChI is InChI=1S/C19H22N4O3S/c24-17(15-6-11-2-1-3-14(11)27-15)20-8-19(26)9-23(10-19)18(25)13-5-4-12-7-21-22-16(12)13/h6-7,13,26H,1-5,8-10H2,(H,20,24)(H,21,22). The van der Waals surface area contributed by atoms with Gasteiger partial charge in [0.05, 0.1) is 42.3 Å². The lowest BCUT2D eigenvalue weighted by molar-refractivity contribution is -0.155. The summed E-state index contributed by atoms with van der Waals surface area (Å²) in [5.74, 6) is -0.288. The van der Waals surface area contributed by atoms with Gasteiger partial charge in [-0.15, -0.1) is 11.3 Å². The summed E-state index contributed by atoms with van der Waals surface area (Å²) < 4.78 is 0. The zero-order valence-electron chi connectivity index (χ0n) is 15.0. The Kier molecular flexibility index (Phi) is 3.87. The van der Waals surface area contributed by atoms with Gasteiger partial charge in [-0.2, -0.15) is 5.10 Å². The average Bonchev–Trinajstić information content (AvgIpc) is 3.35. The molecule has 142 valence electrons. The molecule has 0 saturated carbocycles. The SMILES string of the molecule is O=C(NCC1(O)CN(C(=O)C2CCc3cn[nH]c32)C1)c1cc2c(s1)CCC2. The van der Waals surface area contributed by atoms with Crippen molar-refractivity contribution in [1.29, 1.82) is 0 Å². The van der Waals surface area contributed by atoms with Gasteiger partial charge >= 0.3 is 0 Å². The van der Waals surface area contributed by atoms with Crippen molar-refractivity contribution in [1.82, 2.24) is 20.4 Å². The van der Waals surface area contributed by atoms with Crippen LogP contribution in [0, 0.1) is 0 Å². The van der Waals surface area contributed by atoms with Crippen molar-refractivity contribution in [3.05, 3.63) is 38.8 Å². The van der Waals surface area contributed by atoms with Gasteiger partial charge in [-0.1, -0.05) is 0 Å². The molecule has 1 saturated heterocycles. The first kappa shape index (κ1) is 16.9. The van der Waals surface area contributed by atoms with Crippen LogP contribution >= 0.6 is 11.3 Å². The van der Waals surface area contributed by atoms with Gasteiger partial charge in [0.1, 0.15) is 5.60 Å². The molecule has 0 radical (unpaired) electrons. The summed E-state index contributed by atoms with van der Waals surface area (Å²) in [7, 11) is 0. The Bertz CT molecular complexity index is 890. The Morgan fingerprint density at radius 1 is 1.33 bits per heavy atom. The normalized spacial score (nSPS) is 22.3. The molecule has 1 aliphatic heterocycles. The van der Waals surface area contributed by atoms with Gasteiger partial charge in [0.25, 0.3) is 5.91 Å². The smallest absolute Gasteiger partial charge is 0.261 e. The van der Waals surface area contributed by atoms with Crippen molar-refractivity contribution >= 4 is 23.2 Å². The second-order valence-electron chi connectivity index (χ2n) is 7.91. The van der Waals surface area contributed by atoms with Crippen molar-refractivity contribution in [2.45, 2.75) is 43.6 Å². The van der Waals surface area contributed by atoms with E-state index < -0.39 is 5.60 Å². The number of aryl methyl sites for hydroxylation is 3. The van der Waals surface area contributed by atoms with E-state index in [0.29, 0.717) is 4.88 Å². The molecule has 1 fully saturated rings. The molecule has 0 bridgehead atoms. The highest BCUT2D eigenvalue weighted by atomic mass is 32.1. The monoisotopic (exact) mass is 386 g/mol. The molecule has 2 aliphatic carbocycles. The zero-order chi connectivity index (χ0) is 18.6. The fourth-order valence-corrected chi connectivity index (χ4v) is 5.61. The maximum absolute atomic E-state index is 12.7. The molecule has 8 heteroatoms. The first-order chi connectivity index (χ1) is 13.0. The molecule has 1 atom stereocenters. The number of aromatic nitrogens is 2. The van der Waals surface area contributed by atoms with E-state index in [2.05, 4.69) is 15.5 Å². The number of carbonyl (C=O) groups excluding carboxylic acids is 2. The second kappa shape index (κ2) is 6.17. The summed E-state index contributed by atoms with van der Waals surface area (Å²) >= 11 is 1.56. The Morgan fingerprint density at radius 3 is 3.00 bits per heavy atom. The predicted octanol–water partition coefficient (Wildman–Crippen LogP) is 0.993. The largest absolute Gasteiger partial charge is 0.384 e. The van der Waals surface area contributed by atoms with Crippen molar-refractivity contribution < 1.29 is 14.7 Å². The summed E-state index contributed by atoms with van der Waals surface area (Å²) in [4.78, 5) is 28.8. The van der Waals surface area contributed by atoms with E-state index in [1.807, 2.05) is 6.07 Å². The van der Waals surface area contributed by atoms with Gasteiger partial charge in [-0.3, -0.25) is 14.7 Å². The van der Waals surface area contributed by atoms with E-state index in [1.165, 1.54) is 16.9 Å². The molecule has 27 heavy (non-hydrogen) atoms. The number of thiophene rings is 1. The van der Waals surface area contributed by atoms with Crippen LogP contribution in [-0.2, 0) is 24.1 Å². The summed E-state index contributed by atoms with van der Waals surface area (Å²) in [6.07, 6.45) is 6.73. The third-order valence-corrected chi connectivity index (χ3v) is 7.17. The van der Waals surface area contributed by atoms with E-state index in [0.717, 1.165) is 36.9 Å². The first-order valence-corrected chi connectivity index (χ1v) is 10.3. The van der Waals surface area contributed by atoms with Crippen molar-refractivity contribution in [3.8, 4) is 0 Å². The predicted molar refractivity (Wildman–Crippen MR) is 99.9 cm³/mol. The van der Waals surface area contributed by atoms with Crippen molar-refractivity contribution in [2.24, 2.45) is 0 Å². The van der Waals surface area contributed by atoms with E-state index in [-0.39, 0.29) is 37.4 Å². The Hall–Kier alpha value is -2.19. The lowest BCUT2D eigenvalue weighted by atomic mass is 9.91. The minimum absolute atomic E-state index is 0.0312. The summed E-state index contributed by atoms with van der Waals surface area (Å²) in [5, 5.41) is 20.4. The number of rotatable bonds is 4. The summed E-state index contributed by atoms with van der Waals surface area (Å²) in [6, 6.07) is 1.98. The summed E-state index contributed by atoms with van der Waals surface area (Å²) in [6.45, 7) is 0.679. The van der Waals surface area contributed by atoms with Crippen LogP contribution in [0.25, 0.3) is 0 Å². The maximum atomic E-state index is 12.7. The number of hydrogen-bond acceptors (Lipinski definition) is 5. The van der Waals surface area contributed by atoms with Gasteiger partial charge < -0.3 is 15.3 Å². The lowest BCUT2D eigenvalue weighted by Gasteiger charge is -2.47. The molecule has 3 N–H and O–H groups in total.